The summed E-state index contributed by atoms with van der Waals surface area (Å²) in [6, 6.07) is 13.7. The van der Waals surface area contributed by atoms with Crippen molar-refractivity contribution in [3.05, 3.63) is 75.2 Å². The molecule has 3 aromatic rings. The molecular formula is C29H37ClFN5O4. The number of hydrogen-bond donors (Lipinski definition) is 2. The van der Waals surface area contributed by atoms with Crippen molar-refractivity contribution in [3.8, 4) is 11.4 Å². The highest BCUT2D eigenvalue weighted by molar-refractivity contribution is 6.31. The summed E-state index contributed by atoms with van der Waals surface area (Å²) < 4.78 is 24.3. The molecule has 0 saturated carbocycles. The van der Waals surface area contributed by atoms with Crippen molar-refractivity contribution in [1.82, 2.24) is 19.6 Å². The molecule has 0 aliphatic rings. The average Bonchev–Trinajstić information content (AvgIpc) is 3.15. The van der Waals surface area contributed by atoms with E-state index in [-0.39, 0.29) is 17.8 Å². The van der Waals surface area contributed by atoms with E-state index in [1.54, 1.807) is 42.9 Å². The molecule has 0 spiro atoms. The highest BCUT2D eigenvalue weighted by Crippen LogP contribution is 2.27. The third-order valence-electron chi connectivity index (χ3n) is 6.54. The second-order valence-electron chi connectivity index (χ2n) is 10.4. The molecule has 40 heavy (non-hydrogen) atoms. The zero-order chi connectivity index (χ0) is 29.6. The Balaban J connectivity index is 1.82. The molecule has 216 valence electrons. The Labute approximate surface area is 238 Å². The van der Waals surface area contributed by atoms with E-state index >= 15 is 4.39 Å². The van der Waals surface area contributed by atoms with Gasteiger partial charge in [-0.1, -0.05) is 43.6 Å². The number of aromatic nitrogens is 2. The van der Waals surface area contributed by atoms with Crippen molar-refractivity contribution in [2.45, 2.75) is 33.4 Å². The number of alkyl halides is 1. The van der Waals surface area contributed by atoms with Crippen molar-refractivity contribution in [2.75, 3.05) is 39.1 Å². The molecule has 1 aromatic heterocycles. The Bertz CT molecular complexity index is 1400. The minimum Gasteiger partial charge on any atom is -0.493 e. The van der Waals surface area contributed by atoms with E-state index in [2.05, 4.69) is 10.6 Å². The van der Waals surface area contributed by atoms with E-state index in [0.29, 0.717) is 41.7 Å². The van der Waals surface area contributed by atoms with Crippen LogP contribution in [-0.4, -0.2) is 66.0 Å². The van der Waals surface area contributed by atoms with E-state index in [1.807, 2.05) is 37.2 Å². The molecule has 1 unspecified atom stereocenters. The van der Waals surface area contributed by atoms with Crippen LogP contribution in [0.2, 0.25) is 5.02 Å². The van der Waals surface area contributed by atoms with Gasteiger partial charge in [-0.25, -0.2) is 9.07 Å². The number of likely N-dealkylation sites (N-methyl/N-ethyl adjacent to an activating group) is 1. The average molecular weight is 574 g/mol. The maximum absolute atomic E-state index is 15.7. The number of halogens is 2. The summed E-state index contributed by atoms with van der Waals surface area (Å²) in [7, 11) is 5.53. The topological polar surface area (TPSA) is 97.6 Å². The zero-order valence-electron chi connectivity index (χ0n) is 23.8. The summed E-state index contributed by atoms with van der Waals surface area (Å²) >= 11 is 6.06. The summed E-state index contributed by atoms with van der Waals surface area (Å²) in [6.45, 7) is 5.65. The van der Waals surface area contributed by atoms with Gasteiger partial charge in [0.15, 0.2) is 6.17 Å². The van der Waals surface area contributed by atoms with Gasteiger partial charge in [0.2, 0.25) is 0 Å². The monoisotopic (exact) mass is 573 g/mol. The Morgan fingerprint density at radius 3 is 2.45 bits per heavy atom. The molecule has 1 atom stereocenters. The van der Waals surface area contributed by atoms with E-state index in [0.717, 1.165) is 0 Å². The first kappa shape index (κ1) is 30.9. The molecule has 0 saturated heterocycles. The third kappa shape index (κ3) is 7.11. The van der Waals surface area contributed by atoms with Crippen LogP contribution in [0.15, 0.2) is 53.3 Å². The fraction of sp³-hybridized carbons (Fsp3) is 0.414. The molecule has 3 rings (SSSR count). The molecule has 0 bridgehead atoms. The van der Waals surface area contributed by atoms with Crippen LogP contribution in [0.4, 0.5) is 10.1 Å². The molecule has 1 heterocycles. The Morgan fingerprint density at radius 1 is 1.15 bits per heavy atom. The van der Waals surface area contributed by atoms with Gasteiger partial charge in [0.05, 0.1) is 23.6 Å². The Morgan fingerprint density at radius 2 is 1.82 bits per heavy atom. The van der Waals surface area contributed by atoms with Crippen LogP contribution in [0, 0.1) is 5.41 Å². The van der Waals surface area contributed by atoms with Crippen molar-refractivity contribution < 1.29 is 18.7 Å². The van der Waals surface area contributed by atoms with Crippen molar-refractivity contribution in [1.29, 1.82) is 0 Å². The van der Waals surface area contributed by atoms with Gasteiger partial charge in [-0.05, 0) is 51.4 Å². The minimum atomic E-state index is -2.04. The van der Waals surface area contributed by atoms with E-state index in [1.165, 1.54) is 24.6 Å². The quantitative estimate of drug-likeness (QED) is 0.340. The second-order valence-corrected chi connectivity index (χ2v) is 10.9. The molecule has 2 N–H and O–H groups in total. The second kappa shape index (κ2) is 13.1. The maximum atomic E-state index is 15.7. The highest BCUT2D eigenvalue weighted by Gasteiger charge is 2.37. The van der Waals surface area contributed by atoms with Gasteiger partial charge in [-0.3, -0.25) is 19.1 Å². The predicted molar refractivity (Wildman–Crippen MR) is 156 cm³/mol. The van der Waals surface area contributed by atoms with Crippen LogP contribution < -0.4 is 20.9 Å². The normalized spacial score (nSPS) is 12.3. The lowest BCUT2D eigenvalue weighted by atomic mass is 9.86. The summed E-state index contributed by atoms with van der Waals surface area (Å²) in [4.78, 5) is 41.5. The van der Waals surface area contributed by atoms with E-state index in [4.69, 9.17) is 16.3 Å². The molecule has 2 aromatic carbocycles. The van der Waals surface area contributed by atoms with Crippen LogP contribution in [0.1, 0.15) is 36.8 Å². The van der Waals surface area contributed by atoms with Gasteiger partial charge in [0.25, 0.3) is 17.4 Å². The molecule has 0 aliphatic carbocycles. The van der Waals surface area contributed by atoms with Crippen LogP contribution in [0.3, 0.4) is 0 Å². The number of nitrogens with zero attached hydrogens (tertiary/aromatic N) is 3. The first-order valence-electron chi connectivity index (χ1n) is 13.0. The predicted octanol–water partition coefficient (Wildman–Crippen LogP) is 4.07. The van der Waals surface area contributed by atoms with Gasteiger partial charge in [0.1, 0.15) is 11.4 Å². The summed E-state index contributed by atoms with van der Waals surface area (Å²) in [5.74, 6) is -1.13. The molecule has 0 radical (unpaired) electrons. The molecule has 9 nitrogen and oxygen atoms in total. The van der Waals surface area contributed by atoms with Gasteiger partial charge >= 0.3 is 0 Å². The smallest absolute Gasteiger partial charge is 0.295 e. The lowest BCUT2D eigenvalue weighted by molar-refractivity contribution is -0.124. The summed E-state index contributed by atoms with van der Waals surface area (Å²) in [6.07, 6.45) is -1.59. The Kier molecular flexibility index (Phi) is 10.2. The number of ether oxygens (including phenoxy) is 1. The highest BCUT2D eigenvalue weighted by atomic mass is 35.5. The zero-order valence-corrected chi connectivity index (χ0v) is 24.5. The van der Waals surface area contributed by atoms with Crippen molar-refractivity contribution in [3.63, 3.8) is 0 Å². The van der Waals surface area contributed by atoms with Crippen molar-refractivity contribution >= 4 is 29.1 Å². The van der Waals surface area contributed by atoms with Gasteiger partial charge in [-0.15, -0.1) is 0 Å². The number of benzene rings is 2. The Hall–Kier alpha value is -3.63. The number of amides is 2. The lowest BCUT2D eigenvalue weighted by Crippen LogP contribution is -2.45. The number of para-hydroxylation sites is 1. The first-order valence-corrected chi connectivity index (χ1v) is 13.4. The summed E-state index contributed by atoms with van der Waals surface area (Å²) in [5.41, 5.74) is -0.338. The maximum Gasteiger partial charge on any atom is 0.295 e. The van der Waals surface area contributed by atoms with Crippen LogP contribution in [0.25, 0.3) is 5.69 Å². The SMILES string of the molecule is CCOc1ccc(Cl)cc1C(=O)NCC(C)(C)C(F)C(=O)Nc1c(CCN(C)C)n(C)n(-c2ccccc2)c1=O. The fourth-order valence-electron chi connectivity index (χ4n) is 4.25. The number of hydrogen-bond acceptors (Lipinski definition) is 5. The fourth-order valence-corrected chi connectivity index (χ4v) is 4.42. The van der Waals surface area contributed by atoms with E-state index < -0.39 is 29.0 Å². The van der Waals surface area contributed by atoms with Crippen LogP contribution in [0.5, 0.6) is 5.75 Å². The molecular weight excluding hydrogens is 537 g/mol. The largest absolute Gasteiger partial charge is 0.493 e. The lowest BCUT2D eigenvalue weighted by Gasteiger charge is -2.28. The minimum absolute atomic E-state index is 0.0287. The molecule has 2 amide bonds. The number of rotatable bonds is 12. The van der Waals surface area contributed by atoms with E-state index in [9.17, 15) is 14.4 Å². The third-order valence-corrected chi connectivity index (χ3v) is 6.77. The first-order chi connectivity index (χ1) is 18.9. The summed E-state index contributed by atoms with van der Waals surface area (Å²) in [5, 5.41) is 5.59. The standard InChI is InChI=1S/C29H37ClFN5O4/c1-7-40-23-14-13-19(30)17-21(23)26(37)32-18-29(2,3)25(31)27(38)33-24-22(15-16-34(4)5)35(6)36(28(24)39)20-11-9-8-10-12-20/h8-14,17,25H,7,15-16,18H2,1-6H3,(H,32,37)(H,33,38). The number of anilines is 1. The number of nitrogens with one attached hydrogen (secondary N) is 2. The van der Waals surface area contributed by atoms with Crippen molar-refractivity contribution in [2.24, 2.45) is 12.5 Å². The van der Waals surface area contributed by atoms with Gasteiger partial charge in [0, 0.05) is 37.0 Å². The van der Waals surface area contributed by atoms with Gasteiger partial charge in [-0.2, -0.15) is 0 Å². The van der Waals surface area contributed by atoms with Crippen LogP contribution >= 0.6 is 11.6 Å². The number of carbonyl (C=O) groups excluding carboxylic acids is 2. The van der Waals surface area contributed by atoms with Gasteiger partial charge < -0.3 is 20.3 Å². The molecule has 11 heteroatoms. The molecule has 0 fully saturated rings. The van der Waals surface area contributed by atoms with Crippen LogP contribution in [-0.2, 0) is 18.3 Å². The number of carbonyl (C=O) groups is 2. The molecule has 0 aliphatic heterocycles.